The predicted molar refractivity (Wildman–Crippen MR) is 142 cm³/mol. The normalized spacial score (nSPS) is 11.1. The van der Waals surface area contributed by atoms with Crippen molar-refractivity contribution in [3.05, 3.63) is 69.4 Å². The van der Waals surface area contributed by atoms with Gasteiger partial charge in [-0.2, -0.15) is 10.2 Å². The molecule has 0 aliphatic rings. The number of amides is 2. The first-order valence-electron chi connectivity index (χ1n) is 11.6. The Kier molecular flexibility index (Phi) is 10.0. The van der Waals surface area contributed by atoms with Crippen molar-refractivity contribution in [3.8, 4) is 23.0 Å². The molecule has 0 aliphatic heterocycles. The van der Waals surface area contributed by atoms with Crippen LogP contribution < -0.4 is 20.3 Å². The van der Waals surface area contributed by atoms with Gasteiger partial charge in [-0.05, 0) is 37.1 Å². The Morgan fingerprint density at radius 2 is 1.19 bits per heavy atom. The van der Waals surface area contributed by atoms with Crippen molar-refractivity contribution in [1.29, 1.82) is 0 Å². The Morgan fingerprint density at radius 3 is 1.57 bits per heavy atom. The number of nitrogens with one attached hydrogen (secondary N) is 2. The molecule has 0 radical (unpaired) electrons. The lowest BCUT2D eigenvalue weighted by atomic mass is 10.2. The van der Waals surface area contributed by atoms with Crippen molar-refractivity contribution in [1.82, 2.24) is 10.9 Å². The molecule has 11 heteroatoms. The van der Waals surface area contributed by atoms with Crippen LogP contribution in [0.25, 0.3) is 0 Å². The summed E-state index contributed by atoms with van der Waals surface area (Å²) in [6, 6.07) is 13.1. The van der Waals surface area contributed by atoms with Crippen molar-refractivity contribution in [2.24, 2.45) is 10.2 Å². The van der Waals surface area contributed by atoms with Crippen LogP contribution in [0.4, 0.5) is 0 Å². The Morgan fingerprint density at radius 1 is 0.784 bits per heavy atom. The van der Waals surface area contributed by atoms with Gasteiger partial charge in [0.25, 0.3) is 11.8 Å². The van der Waals surface area contributed by atoms with E-state index in [1.807, 2.05) is 13.8 Å². The third-order valence-corrected chi connectivity index (χ3v) is 5.90. The summed E-state index contributed by atoms with van der Waals surface area (Å²) in [5.74, 6) is -0.901. The van der Waals surface area contributed by atoms with Gasteiger partial charge in [0.1, 0.15) is 21.3 Å². The Bertz CT molecular complexity index is 1190. The van der Waals surface area contributed by atoms with Gasteiger partial charge < -0.3 is 19.7 Å². The van der Waals surface area contributed by atoms with Crippen LogP contribution in [0.5, 0.6) is 23.0 Å². The van der Waals surface area contributed by atoms with Gasteiger partial charge in [-0.1, -0.05) is 38.1 Å². The molecule has 0 unspecified atom stereocenters. The van der Waals surface area contributed by atoms with E-state index in [0.717, 1.165) is 11.3 Å². The first-order chi connectivity index (χ1) is 18.0. The van der Waals surface area contributed by atoms with Gasteiger partial charge in [0.2, 0.25) is 0 Å². The van der Waals surface area contributed by atoms with E-state index in [-0.39, 0.29) is 32.8 Å². The Hall–Kier alpha value is -4.38. The predicted octanol–water partition coefficient (Wildman–Crippen LogP) is 4.26. The Labute approximate surface area is 218 Å². The number of para-hydroxylation sites is 2. The molecule has 2 aromatic carbocycles. The highest BCUT2D eigenvalue weighted by molar-refractivity contribution is 7.16. The number of phenolic OH excluding ortho intramolecular Hbond substituents is 2. The third kappa shape index (κ3) is 7.31. The maximum atomic E-state index is 13.0. The number of aromatic hydroxyl groups is 2. The molecule has 1 aromatic heterocycles. The summed E-state index contributed by atoms with van der Waals surface area (Å²) >= 11 is 0.881. The largest absolute Gasteiger partial charge is 0.507 e. The Balaban J connectivity index is 1.87. The first kappa shape index (κ1) is 27.2. The van der Waals surface area contributed by atoms with Gasteiger partial charge in [-0.3, -0.25) is 9.59 Å². The number of carbonyl (C=O) groups excluding carboxylic acids is 2. The van der Waals surface area contributed by atoms with E-state index in [9.17, 15) is 19.8 Å². The van der Waals surface area contributed by atoms with E-state index in [4.69, 9.17) is 9.47 Å². The zero-order chi connectivity index (χ0) is 26.6. The number of hydrogen-bond acceptors (Lipinski definition) is 9. The molecule has 3 aromatic rings. The minimum atomic E-state index is -0.610. The standard InChI is InChI=1S/C26H28N4O6S/c1-3-13-35-21-22(36-14-4-2)24(26(34)30-28-16-18-10-6-8-12-20(18)32)37-23(21)25(33)29-27-15-17-9-5-7-11-19(17)31/h5-12,15-16,31-32H,3-4,13-14H2,1-2H3,(H,29,33)(H,30,34)/b27-15+,28-16+. The summed E-state index contributed by atoms with van der Waals surface area (Å²) in [4.78, 5) is 26.2. The number of carbonyl (C=O) groups is 2. The third-order valence-electron chi connectivity index (χ3n) is 4.75. The molecule has 10 nitrogen and oxygen atoms in total. The van der Waals surface area contributed by atoms with Crippen LogP contribution in [-0.2, 0) is 0 Å². The molecule has 0 atom stereocenters. The summed E-state index contributed by atoms with van der Waals surface area (Å²) in [7, 11) is 0. The number of benzene rings is 2. The van der Waals surface area contributed by atoms with E-state index in [1.165, 1.54) is 24.6 Å². The van der Waals surface area contributed by atoms with Gasteiger partial charge in [0.05, 0.1) is 25.6 Å². The average Bonchev–Trinajstić information content (AvgIpc) is 3.26. The molecule has 194 valence electrons. The molecule has 0 saturated carbocycles. The molecule has 0 spiro atoms. The second-order valence-electron chi connectivity index (χ2n) is 7.63. The first-order valence-corrected chi connectivity index (χ1v) is 12.4. The molecule has 0 bridgehead atoms. The van der Waals surface area contributed by atoms with Crippen LogP contribution in [0.15, 0.2) is 58.7 Å². The molecule has 3 rings (SSSR count). The zero-order valence-corrected chi connectivity index (χ0v) is 21.2. The number of hydrogen-bond donors (Lipinski definition) is 4. The van der Waals surface area contributed by atoms with Crippen LogP contribution in [0.2, 0.25) is 0 Å². The summed E-state index contributed by atoms with van der Waals surface area (Å²) in [5.41, 5.74) is 5.65. The molecule has 1 heterocycles. The van der Waals surface area contributed by atoms with Gasteiger partial charge in [0.15, 0.2) is 11.5 Å². The second-order valence-corrected chi connectivity index (χ2v) is 8.65. The highest BCUT2D eigenvalue weighted by Gasteiger charge is 2.29. The molecule has 0 fully saturated rings. The molecule has 0 aliphatic carbocycles. The van der Waals surface area contributed by atoms with Gasteiger partial charge in [0, 0.05) is 11.1 Å². The second kappa shape index (κ2) is 13.6. The molecule has 37 heavy (non-hydrogen) atoms. The number of ether oxygens (including phenoxy) is 2. The zero-order valence-electron chi connectivity index (χ0n) is 20.4. The molecular formula is C26H28N4O6S. The van der Waals surface area contributed by atoms with Crippen molar-refractivity contribution < 1.29 is 29.3 Å². The SMILES string of the molecule is CCCOc1c(C(=O)N/N=C/c2ccccc2O)sc(C(=O)N/N=C/c2ccccc2O)c1OCCC. The van der Waals surface area contributed by atoms with E-state index < -0.39 is 11.8 Å². The minimum Gasteiger partial charge on any atom is -0.507 e. The number of thiophene rings is 1. The van der Waals surface area contributed by atoms with E-state index in [1.54, 1.807) is 36.4 Å². The van der Waals surface area contributed by atoms with Crippen LogP contribution in [0, 0.1) is 0 Å². The highest BCUT2D eigenvalue weighted by Crippen LogP contribution is 2.42. The smallest absolute Gasteiger partial charge is 0.285 e. The molecular weight excluding hydrogens is 496 g/mol. The molecule has 0 saturated heterocycles. The maximum Gasteiger partial charge on any atom is 0.285 e. The number of nitrogens with zero attached hydrogens (tertiary/aromatic N) is 2. The van der Waals surface area contributed by atoms with Crippen LogP contribution in [0.1, 0.15) is 57.2 Å². The maximum absolute atomic E-state index is 13.0. The molecule has 2 amide bonds. The van der Waals surface area contributed by atoms with Crippen molar-refractivity contribution in [2.75, 3.05) is 13.2 Å². The van der Waals surface area contributed by atoms with Crippen molar-refractivity contribution in [2.45, 2.75) is 26.7 Å². The summed E-state index contributed by atoms with van der Waals surface area (Å²) in [6.07, 6.45) is 3.95. The van der Waals surface area contributed by atoms with Gasteiger partial charge in [-0.25, -0.2) is 10.9 Å². The highest BCUT2D eigenvalue weighted by atomic mass is 32.1. The van der Waals surface area contributed by atoms with E-state index in [0.29, 0.717) is 37.2 Å². The lowest BCUT2D eigenvalue weighted by Crippen LogP contribution is -2.17. The van der Waals surface area contributed by atoms with Gasteiger partial charge >= 0.3 is 0 Å². The lowest BCUT2D eigenvalue weighted by molar-refractivity contribution is 0.0945. The number of hydrazone groups is 2. The quantitative estimate of drug-likeness (QED) is 0.206. The minimum absolute atomic E-state index is 0.0159. The van der Waals surface area contributed by atoms with Crippen LogP contribution in [-0.4, -0.2) is 47.7 Å². The van der Waals surface area contributed by atoms with Crippen LogP contribution >= 0.6 is 11.3 Å². The average molecular weight is 525 g/mol. The summed E-state index contributed by atoms with van der Waals surface area (Å²) in [5, 5.41) is 27.6. The fourth-order valence-corrected chi connectivity index (χ4v) is 3.96. The lowest BCUT2D eigenvalue weighted by Gasteiger charge is -2.10. The fraction of sp³-hybridized carbons (Fsp3) is 0.231. The number of phenols is 2. The molecule has 4 N–H and O–H groups in total. The van der Waals surface area contributed by atoms with E-state index in [2.05, 4.69) is 21.1 Å². The monoisotopic (exact) mass is 524 g/mol. The van der Waals surface area contributed by atoms with Gasteiger partial charge in [-0.15, -0.1) is 11.3 Å². The number of rotatable bonds is 12. The van der Waals surface area contributed by atoms with Crippen molar-refractivity contribution in [3.63, 3.8) is 0 Å². The van der Waals surface area contributed by atoms with Crippen LogP contribution in [0.3, 0.4) is 0 Å². The van der Waals surface area contributed by atoms with Crippen molar-refractivity contribution >= 4 is 35.6 Å². The summed E-state index contributed by atoms with van der Waals surface area (Å²) < 4.78 is 11.6. The fourth-order valence-electron chi connectivity index (χ4n) is 2.99. The van der Waals surface area contributed by atoms with E-state index >= 15 is 0 Å². The topological polar surface area (TPSA) is 142 Å². The summed E-state index contributed by atoms with van der Waals surface area (Å²) in [6.45, 7) is 4.42.